The highest BCUT2D eigenvalue weighted by Crippen LogP contribution is 2.05. The normalized spacial score (nSPS) is 23.7. The fourth-order valence-electron chi connectivity index (χ4n) is 1.50. The Morgan fingerprint density at radius 1 is 1.71 bits per heavy atom. The minimum Gasteiger partial charge on any atom is -0.395 e. The lowest BCUT2D eigenvalue weighted by Crippen LogP contribution is -2.49. The average Bonchev–Trinajstić information content (AvgIpc) is 2.19. The largest absolute Gasteiger partial charge is 0.395 e. The molecule has 14 heavy (non-hydrogen) atoms. The molecule has 1 saturated heterocycles. The van der Waals surface area contributed by atoms with Gasteiger partial charge in [-0.3, -0.25) is 9.69 Å². The van der Waals surface area contributed by atoms with Crippen molar-refractivity contribution in [3.63, 3.8) is 0 Å². The Hall–Kier alpha value is -0.490. The molecular formula is C9H17NO4. The van der Waals surface area contributed by atoms with Gasteiger partial charge in [0.25, 0.3) is 0 Å². The summed E-state index contributed by atoms with van der Waals surface area (Å²) in [6, 6.07) is -0.0513. The van der Waals surface area contributed by atoms with Crippen molar-refractivity contribution in [1.82, 2.24) is 4.90 Å². The third-order valence-electron chi connectivity index (χ3n) is 2.24. The van der Waals surface area contributed by atoms with E-state index in [1.54, 1.807) is 0 Å². The van der Waals surface area contributed by atoms with Gasteiger partial charge in [0.1, 0.15) is 6.61 Å². The minimum atomic E-state index is -0.0513. The number of hydrogen-bond donors (Lipinski definition) is 1. The van der Waals surface area contributed by atoms with Crippen LogP contribution in [0.1, 0.15) is 0 Å². The molecule has 0 aromatic heterocycles. The Morgan fingerprint density at radius 2 is 2.50 bits per heavy atom. The summed E-state index contributed by atoms with van der Waals surface area (Å²) >= 11 is 0. The van der Waals surface area contributed by atoms with Gasteiger partial charge >= 0.3 is 0 Å². The first-order valence-corrected chi connectivity index (χ1v) is 4.71. The first-order valence-electron chi connectivity index (χ1n) is 4.71. The highest BCUT2D eigenvalue weighted by atomic mass is 16.5. The van der Waals surface area contributed by atoms with Crippen LogP contribution in [0.5, 0.6) is 0 Å². The number of ketones is 1. The Kier molecular flexibility index (Phi) is 5.03. The third kappa shape index (κ3) is 3.34. The molecule has 0 radical (unpaired) electrons. The van der Waals surface area contributed by atoms with E-state index >= 15 is 0 Å². The maximum atomic E-state index is 11.3. The number of Topliss-reactive ketones (excluding diaryl/α,β-unsaturated/α-hetero) is 1. The lowest BCUT2D eigenvalue weighted by molar-refractivity contribution is -0.126. The van der Waals surface area contributed by atoms with Crippen LogP contribution in [0.3, 0.4) is 0 Å². The number of carbonyl (C=O) groups excluding carboxylic acids is 1. The van der Waals surface area contributed by atoms with Gasteiger partial charge in [-0.2, -0.15) is 0 Å². The second-order valence-electron chi connectivity index (χ2n) is 3.35. The van der Waals surface area contributed by atoms with Gasteiger partial charge in [-0.05, 0) is 0 Å². The highest BCUT2D eigenvalue weighted by molar-refractivity contribution is 5.81. The molecular weight excluding hydrogens is 186 g/mol. The van der Waals surface area contributed by atoms with Crippen molar-refractivity contribution < 1.29 is 19.4 Å². The van der Waals surface area contributed by atoms with Crippen LogP contribution in [0.15, 0.2) is 0 Å². The molecule has 1 N–H and O–H groups in total. The number of morpholine rings is 1. The molecule has 0 saturated carbocycles. The molecule has 0 amide bonds. The minimum absolute atomic E-state index is 0.0280. The molecule has 1 rings (SSSR count). The van der Waals surface area contributed by atoms with E-state index in [2.05, 4.69) is 0 Å². The van der Waals surface area contributed by atoms with E-state index in [9.17, 15) is 4.79 Å². The second kappa shape index (κ2) is 6.08. The summed E-state index contributed by atoms with van der Waals surface area (Å²) in [7, 11) is 1.50. The molecule has 82 valence electrons. The summed E-state index contributed by atoms with van der Waals surface area (Å²) < 4.78 is 9.94. The zero-order chi connectivity index (χ0) is 10.4. The Morgan fingerprint density at radius 3 is 3.14 bits per heavy atom. The van der Waals surface area contributed by atoms with Crippen LogP contribution in [0.25, 0.3) is 0 Å². The maximum absolute atomic E-state index is 11.3. The number of methoxy groups -OCH3 is 1. The standard InChI is InChI=1S/C9H17NO4/c1-13-7-9(12)4-10-2-3-14-6-8(10)5-11/h8,11H,2-7H2,1H3. The van der Waals surface area contributed by atoms with Gasteiger partial charge in [-0.15, -0.1) is 0 Å². The van der Waals surface area contributed by atoms with Crippen molar-refractivity contribution in [2.45, 2.75) is 6.04 Å². The fourth-order valence-corrected chi connectivity index (χ4v) is 1.50. The summed E-state index contributed by atoms with van der Waals surface area (Å²) in [6.45, 7) is 2.31. The zero-order valence-electron chi connectivity index (χ0n) is 8.44. The Bertz CT molecular complexity index is 186. The molecule has 0 aromatic rings. The van der Waals surface area contributed by atoms with Crippen molar-refractivity contribution in [2.24, 2.45) is 0 Å². The van der Waals surface area contributed by atoms with Crippen molar-refractivity contribution in [2.75, 3.05) is 46.6 Å². The van der Waals surface area contributed by atoms with Gasteiger partial charge in [-0.1, -0.05) is 0 Å². The van der Waals surface area contributed by atoms with Crippen LogP contribution >= 0.6 is 0 Å². The number of carbonyl (C=O) groups is 1. The monoisotopic (exact) mass is 203 g/mol. The average molecular weight is 203 g/mol. The highest BCUT2D eigenvalue weighted by Gasteiger charge is 2.23. The van der Waals surface area contributed by atoms with Crippen LogP contribution in [0, 0.1) is 0 Å². The molecule has 1 unspecified atom stereocenters. The molecule has 5 nitrogen and oxygen atoms in total. The Balaban J connectivity index is 2.36. The van der Waals surface area contributed by atoms with Gasteiger partial charge in [0.2, 0.25) is 0 Å². The molecule has 1 heterocycles. The third-order valence-corrected chi connectivity index (χ3v) is 2.24. The van der Waals surface area contributed by atoms with Crippen LogP contribution in [0.2, 0.25) is 0 Å². The molecule has 0 spiro atoms. The van der Waals surface area contributed by atoms with Crippen LogP contribution in [0.4, 0.5) is 0 Å². The number of nitrogens with zero attached hydrogens (tertiary/aromatic N) is 1. The molecule has 1 fully saturated rings. The van der Waals surface area contributed by atoms with Crippen molar-refractivity contribution in [1.29, 1.82) is 0 Å². The summed E-state index contributed by atoms with van der Waals surface area (Å²) in [5.41, 5.74) is 0. The summed E-state index contributed by atoms with van der Waals surface area (Å²) in [4.78, 5) is 13.2. The van der Waals surface area contributed by atoms with E-state index in [0.717, 1.165) is 0 Å². The number of ether oxygens (including phenoxy) is 2. The van der Waals surface area contributed by atoms with E-state index < -0.39 is 0 Å². The van der Waals surface area contributed by atoms with Crippen LogP contribution < -0.4 is 0 Å². The molecule has 0 aromatic carbocycles. The molecule has 5 heteroatoms. The van der Waals surface area contributed by atoms with Gasteiger partial charge in [0.15, 0.2) is 5.78 Å². The van der Waals surface area contributed by atoms with Gasteiger partial charge < -0.3 is 14.6 Å². The van der Waals surface area contributed by atoms with E-state index in [1.807, 2.05) is 4.90 Å². The quantitative estimate of drug-likeness (QED) is 0.614. The van der Waals surface area contributed by atoms with Crippen LogP contribution in [-0.4, -0.2) is 68.5 Å². The zero-order valence-corrected chi connectivity index (χ0v) is 8.44. The first-order chi connectivity index (χ1) is 6.77. The molecule has 0 bridgehead atoms. The second-order valence-corrected chi connectivity index (χ2v) is 3.35. The van der Waals surface area contributed by atoms with E-state index in [0.29, 0.717) is 26.3 Å². The lowest BCUT2D eigenvalue weighted by atomic mass is 10.2. The molecule has 1 atom stereocenters. The first kappa shape index (κ1) is 11.6. The smallest absolute Gasteiger partial charge is 0.172 e. The predicted octanol–water partition coefficient (Wildman–Crippen LogP) is -1.10. The van der Waals surface area contributed by atoms with Gasteiger partial charge in [0.05, 0.1) is 32.4 Å². The van der Waals surface area contributed by atoms with E-state index in [-0.39, 0.29) is 25.0 Å². The van der Waals surface area contributed by atoms with Crippen molar-refractivity contribution >= 4 is 5.78 Å². The van der Waals surface area contributed by atoms with Gasteiger partial charge in [0, 0.05) is 13.7 Å². The van der Waals surface area contributed by atoms with E-state index in [4.69, 9.17) is 14.6 Å². The number of aliphatic hydroxyl groups is 1. The predicted molar refractivity (Wildman–Crippen MR) is 50.1 cm³/mol. The lowest BCUT2D eigenvalue weighted by Gasteiger charge is -2.33. The number of hydrogen-bond acceptors (Lipinski definition) is 5. The number of aliphatic hydroxyl groups excluding tert-OH is 1. The van der Waals surface area contributed by atoms with Crippen LogP contribution in [-0.2, 0) is 14.3 Å². The topological polar surface area (TPSA) is 59.0 Å². The van der Waals surface area contributed by atoms with Crippen molar-refractivity contribution in [3.05, 3.63) is 0 Å². The molecule has 1 aliphatic heterocycles. The summed E-state index contributed by atoms with van der Waals surface area (Å²) in [5, 5.41) is 9.04. The summed E-state index contributed by atoms with van der Waals surface area (Å²) in [6.07, 6.45) is 0. The van der Waals surface area contributed by atoms with Crippen molar-refractivity contribution in [3.8, 4) is 0 Å². The van der Waals surface area contributed by atoms with E-state index in [1.165, 1.54) is 7.11 Å². The molecule has 0 aliphatic carbocycles. The fraction of sp³-hybridized carbons (Fsp3) is 0.889. The number of rotatable bonds is 5. The van der Waals surface area contributed by atoms with Gasteiger partial charge in [-0.25, -0.2) is 0 Å². The maximum Gasteiger partial charge on any atom is 0.172 e. The Labute approximate surface area is 83.6 Å². The SMILES string of the molecule is COCC(=O)CN1CCOCC1CO. The summed E-state index contributed by atoms with van der Waals surface area (Å²) in [5.74, 6) is 0.0350. The molecule has 1 aliphatic rings.